The van der Waals surface area contributed by atoms with Crippen molar-refractivity contribution in [1.29, 1.82) is 0 Å². The van der Waals surface area contributed by atoms with Gasteiger partial charge in [-0.1, -0.05) is 30.7 Å². The Balaban J connectivity index is -0.0000000817. The van der Waals surface area contributed by atoms with Crippen molar-refractivity contribution in [3.05, 3.63) is 0 Å². The lowest BCUT2D eigenvalue weighted by Crippen LogP contribution is -1.87. The predicted molar refractivity (Wildman–Crippen MR) is 84.9 cm³/mol. The Morgan fingerprint density at radius 1 is 0.346 bits per heavy atom. The van der Waals surface area contributed by atoms with E-state index in [0.29, 0.717) is 0 Å². The Morgan fingerprint density at radius 3 is 0.462 bits per heavy atom. The maximum Gasteiger partial charge on any atom is 0.450 e. The first-order valence-electron chi connectivity index (χ1n) is 4.51. The summed E-state index contributed by atoms with van der Waals surface area (Å²) in [5.74, 6) is 0. The highest BCUT2D eigenvalue weighted by Crippen LogP contribution is 1.78. The molecule has 2 unspecified atom stereocenters. The van der Waals surface area contributed by atoms with Gasteiger partial charge in [-0.05, 0) is 0 Å². The lowest BCUT2D eigenvalue weighted by atomic mass is 11.2. The maximum absolute atomic E-state index is 9.38. The Hall–Kier alpha value is -3.52. The Bertz CT molecular complexity index is 460. The van der Waals surface area contributed by atoms with E-state index in [4.69, 9.17) is 30.6 Å². The fourth-order valence-corrected chi connectivity index (χ4v) is 0.257. The van der Waals surface area contributed by atoms with E-state index < -0.39 is 36.6 Å². The molecule has 0 heterocycles. The van der Waals surface area contributed by atoms with Crippen molar-refractivity contribution >= 4 is 56.4 Å². The standard InChI is InChI=1S/3C2H2N2O4.2H3P/c3*5-1(6)3-4-2(7)8;;/h3*(H,5,6)(H,7,8);2*1H3. The van der Waals surface area contributed by atoms with Gasteiger partial charge < -0.3 is 30.6 Å². The van der Waals surface area contributed by atoms with Crippen molar-refractivity contribution in [1.82, 2.24) is 0 Å². The molecule has 0 aliphatic carbocycles. The minimum absolute atomic E-state index is 0. The van der Waals surface area contributed by atoms with Gasteiger partial charge in [-0.2, -0.15) is 19.8 Å². The SMILES string of the molecule is O=C(O)N=NC(=O)O.O=C(O)N=NC(=O)O.O=C(O)N=NC(=O)O.P.P. The van der Waals surface area contributed by atoms with Crippen molar-refractivity contribution in [3.8, 4) is 0 Å². The molecule has 2 atom stereocenters. The van der Waals surface area contributed by atoms with E-state index >= 15 is 0 Å². The molecular formula is C6H12N6O12P2. The first-order chi connectivity index (χ1) is 10.9. The smallest absolute Gasteiger partial charge is 0.450 e. The topological polar surface area (TPSA) is 298 Å². The molecule has 26 heavy (non-hydrogen) atoms. The van der Waals surface area contributed by atoms with E-state index in [1.54, 1.807) is 0 Å². The summed E-state index contributed by atoms with van der Waals surface area (Å²) in [5.41, 5.74) is 0. The summed E-state index contributed by atoms with van der Waals surface area (Å²) < 4.78 is 0. The van der Waals surface area contributed by atoms with Crippen LogP contribution >= 0.6 is 19.8 Å². The molecule has 0 aromatic heterocycles. The summed E-state index contributed by atoms with van der Waals surface area (Å²) in [6, 6.07) is 0. The van der Waals surface area contributed by atoms with Crippen LogP contribution in [-0.4, -0.2) is 67.2 Å². The van der Waals surface area contributed by atoms with Crippen LogP contribution in [0.3, 0.4) is 0 Å². The monoisotopic (exact) mass is 422 g/mol. The first kappa shape index (κ1) is 33.9. The summed E-state index contributed by atoms with van der Waals surface area (Å²) in [7, 11) is 0. The van der Waals surface area contributed by atoms with Gasteiger partial charge in [0.15, 0.2) is 0 Å². The molecule has 0 aromatic rings. The third kappa shape index (κ3) is 59.0. The summed E-state index contributed by atoms with van der Waals surface area (Å²) >= 11 is 0. The van der Waals surface area contributed by atoms with E-state index in [0.717, 1.165) is 0 Å². The zero-order valence-electron chi connectivity index (χ0n) is 12.2. The number of rotatable bonds is 0. The molecule has 0 fully saturated rings. The van der Waals surface area contributed by atoms with Gasteiger partial charge >= 0.3 is 36.6 Å². The third-order valence-corrected chi connectivity index (χ3v) is 0.663. The van der Waals surface area contributed by atoms with Gasteiger partial charge in [0.1, 0.15) is 0 Å². The second kappa shape index (κ2) is 21.5. The summed E-state index contributed by atoms with van der Waals surface area (Å²) in [6.45, 7) is 0. The molecule has 148 valence electrons. The van der Waals surface area contributed by atoms with Crippen molar-refractivity contribution < 1.29 is 59.4 Å². The number of carboxylic acid groups (broad SMARTS) is 6. The predicted octanol–water partition coefficient (Wildman–Crippen LogP) is 2.50. The van der Waals surface area contributed by atoms with Crippen LogP contribution in [0.2, 0.25) is 0 Å². The van der Waals surface area contributed by atoms with Crippen LogP contribution in [-0.2, 0) is 0 Å². The van der Waals surface area contributed by atoms with Gasteiger partial charge in [-0.3, -0.25) is 0 Å². The summed E-state index contributed by atoms with van der Waals surface area (Å²) in [6.07, 6.45) is -9.71. The number of amides is 6. The van der Waals surface area contributed by atoms with Crippen LogP contribution in [0.25, 0.3) is 0 Å². The second-order valence-electron chi connectivity index (χ2n) is 2.30. The van der Waals surface area contributed by atoms with E-state index in [1.807, 2.05) is 0 Å². The fourth-order valence-electron chi connectivity index (χ4n) is 0.257. The number of hydrogen-bond donors (Lipinski definition) is 6. The van der Waals surface area contributed by atoms with E-state index in [2.05, 4.69) is 30.7 Å². The molecule has 0 radical (unpaired) electrons. The number of azo groups is 3. The molecule has 6 amide bonds. The Labute approximate surface area is 147 Å². The molecule has 0 spiro atoms. The highest BCUT2D eigenvalue weighted by molar-refractivity contribution is 6.92. The lowest BCUT2D eigenvalue weighted by Gasteiger charge is -1.72. The molecule has 18 nitrogen and oxygen atoms in total. The zero-order chi connectivity index (χ0) is 19.7. The summed E-state index contributed by atoms with van der Waals surface area (Å²) in [5, 5.41) is 59.4. The average molecular weight is 422 g/mol. The number of nitrogens with zero attached hydrogens (tertiary/aromatic N) is 6. The van der Waals surface area contributed by atoms with Gasteiger partial charge in [0.2, 0.25) is 0 Å². The number of hydrogen-bond acceptors (Lipinski definition) is 6. The molecule has 0 aliphatic rings. The highest BCUT2D eigenvalue weighted by Gasteiger charge is 1.92. The Kier molecular flexibility index (Phi) is 28.0. The van der Waals surface area contributed by atoms with E-state index in [1.165, 1.54) is 0 Å². The van der Waals surface area contributed by atoms with Crippen LogP contribution in [0, 0.1) is 0 Å². The lowest BCUT2D eigenvalue weighted by molar-refractivity contribution is 0.194. The van der Waals surface area contributed by atoms with Crippen LogP contribution in [0.1, 0.15) is 0 Å². The van der Waals surface area contributed by atoms with Gasteiger partial charge in [0.05, 0.1) is 0 Å². The molecule has 0 saturated carbocycles. The van der Waals surface area contributed by atoms with Gasteiger partial charge in [0, 0.05) is 0 Å². The molecule has 0 aliphatic heterocycles. The average Bonchev–Trinajstić information content (AvgIpc) is 2.42. The molecule has 0 saturated heterocycles. The van der Waals surface area contributed by atoms with Crippen LogP contribution < -0.4 is 0 Å². The number of carbonyl (C=O) groups is 6. The molecule has 0 bridgehead atoms. The largest absolute Gasteiger partial charge is 0.462 e. The maximum atomic E-state index is 9.38. The van der Waals surface area contributed by atoms with Crippen molar-refractivity contribution in [2.45, 2.75) is 0 Å². The first-order valence-corrected chi connectivity index (χ1v) is 4.51. The quantitative estimate of drug-likeness (QED) is 0.242. The van der Waals surface area contributed by atoms with Crippen molar-refractivity contribution in [2.24, 2.45) is 30.7 Å². The van der Waals surface area contributed by atoms with Crippen LogP contribution in [0.5, 0.6) is 0 Å². The van der Waals surface area contributed by atoms with Gasteiger partial charge in [-0.15, -0.1) is 0 Å². The van der Waals surface area contributed by atoms with Crippen molar-refractivity contribution in [2.75, 3.05) is 0 Å². The second-order valence-corrected chi connectivity index (χ2v) is 2.30. The Morgan fingerprint density at radius 2 is 0.423 bits per heavy atom. The van der Waals surface area contributed by atoms with Crippen molar-refractivity contribution in [3.63, 3.8) is 0 Å². The molecule has 6 N–H and O–H groups in total. The van der Waals surface area contributed by atoms with Crippen LogP contribution in [0.4, 0.5) is 28.8 Å². The summed E-state index contributed by atoms with van der Waals surface area (Å²) in [4.78, 5) is 56.3. The van der Waals surface area contributed by atoms with E-state index in [-0.39, 0.29) is 19.8 Å². The minimum Gasteiger partial charge on any atom is -0.462 e. The fraction of sp³-hybridized carbons (Fsp3) is 0. The molecule has 20 heteroatoms. The zero-order valence-corrected chi connectivity index (χ0v) is 15.1. The molecule has 0 aromatic carbocycles. The van der Waals surface area contributed by atoms with Crippen LogP contribution in [0.15, 0.2) is 30.7 Å². The normalized spacial score (nSPS) is 8.77. The van der Waals surface area contributed by atoms with Gasteiger partial charge in [0.25, 0.3) is 0 Å². The third-order valence-electron chi connectivity index (χ3n) is 0.663. The van der Waals surface area contributed by atoms with Gasteiger partial charge in [-0.25, -0.2) is 28.8 Å². The van der Waals surface area contributed by atoms with E-state index in [9.17, 15) is 28.8 Å². The molecule has 0 rings (SSSR count). The highest BCUT2D eigenvalue weighted by atomic mass is 31.0. The minimum atomic E-state index is -1.62. The molecular weight excluding hydrogens is 410 g/mol.